The topological polar surface area (TPSA) is 66.5 Å². The van der Waals surface area contributed by atoms with Gasteiger partial charge >= 0.3 is 0 Å². The summed E-state index contributed by atoms with van der Waals surface area (Å²) in [6.45, 7) is 0.601. The Balaban J connectivity index is 1.42. The fourth-order valence-corrected chi connectivity index (χ4v) is 6.38. The molecule has 1 aromatic rings. The van der Waals surface area contributed by atoms with Crippen LogP contribution in [0.3, 0.4) is 0 Å². The van der Waals surface area contributed by atoms with E-state index in [9.17, 15) is 17.6 Å². The summed E-state index contributed by atoms with van der Waals surface area (Å²) >= 11 is 0. The predicted molar refractivity (Wildman–Crippen MR) is 95.3 cm³/mol. The molecule has 7 heteroatoms. The third kappa shape index (κ3) is 3.39. The van der Waals surface area contributed by atoms with Crippen molar-refractivity contribution in [1.82, 2.24) is 9.62 Å². The molecule has 4 atom stereocenters. The summed E-state index contributed by atoms with van der Waals surface area (Å²) in [6, 6.07) is 5.13. The number of hydrogen-bond acceptors (Lipinski definition) is 3. The molecule has 0 unspecified atom stereocenters. The van der Waals surface area contributed by atoms with Crippen LogP contribution in [-0.2, 0) is 14.8 Å². The lowest BCUT2D eigenvalue weighted by molar-refractivity contribution is -0.127. The van der Waals surface area contributed by atoms with Crippen molar-refractivity contribution in [1.29, 1.82) is 0 Å². The number of hydrogen-bond donors (Lipinski definition) is 1. The van der Waals surface area contributed by atoms with Gasteiger partial charge in [-0.15, -0.1) is 0 Å². The van der Waals surface area contributed by atoms with Crippen LogP contribution in [0.15, 0.2) is 29.2 Å². The summed E-state index contributed by atoms with van der Waals surface area (Å²) in [6.07, 6.45) is 6.15. The fraction of sp³-hybridized carbons (Fsp3) is 0.632. The first kappa shape index (κ1) is 17.9. The summed E-state index contributed by atoms with van der Waals surface area (Å²) in [7, 11) is -3.69. The number of carbonyl (C=O) groups excluding carboxylic acids is 1. The van der Waals surface area contributed by atoms with Gasteiger partial charge in [0.2, 0.25) is 15.9 Å². The van der Waals surface area contributed by atoms with E-state index >= 15 is 0 Å². The number of sulfonamides is 1. The Morgan fingerprint density at radius 1 is 1.12 bits per heavy atom. The average Bonchev–Trinajstić information content (AvgIpc) is 3.25. The van der Waals surface area contributed by atoms with E-state index in [0.29, 0.717) is 25.3 Å². The van der Waals surface area contributed by atoms with Gasteiger partial charge in [0.05, 0.1) is 10.8 Å². The van der Waals surface area contributed by atoms with Gasteiger partial charge in [-0.1, -0.05) is 6.42 Å². The van der Waals surface area contributed by atoms with Crippen molar-refractivity contribution in [2.24, 2.45) is 17.8 Å². The first-order valence-electron chi connectivity index (χ1n) is 9.49. The van der Waals surface area contributed by atoms with Crippen molar-refractivity contribution >= 4 is 15.9 Å². The Kier molecular flexibility index (Phi) is 4.77. The Labute approximate surface area is 154 Å². The molecule has 26 heavy (non-hydrogen) atoms. The fourth-order valence-electron chi connectivity index (χ4n) is 4.85. The molecule has 1 heterocycles. The van der Waals surface area contributed by atoms with E-state index in [2.05, 4.69) is 5.32 Å². The molecule has 142 valence electrons. The standard InChI is InChI=1S/C19H25FN2O3S/c20-16-5-7-17(8-6-16)26(24,25)22-9-1-2-15(12-22)19(23)21-18-11-13-3-4-14(18)10-13/h5-8,13-15,18H,1-4,9-12H2,(H,21,23)/t13-,14-,15-,18-/m0/s1. The number of benzene rings is 1. The Bertz CT molecular complexity index is 780. The summed E-state index contributed by atoms with van der Waals surface area (Å²) in [5.74, 6) is 0.573. The van der Waals surface area contributed by atoms with Crippen LogP contribution in [0.1, 0.15) is 38.5 Å². The highest BCUT2D eigenvalue weighted by molar-refractivity contribution is 7.89. The highest BCUT2D eigenvalue weighted by Crippen LogP contribution is 2.44. The molecule has 1 amide bonds. The molecule has 5 nitrogen and oxygen atoms in total. The maximum atomic E-state index is 13.1. The van der Waals surface area contributed by atoms with Gasteiger partial charge in [-0.2, -0.15) is 4.31 Å². The molecule has 1 saturated heterocycles. The molecule has 3 aliphatic rings. The van der Waals surface area contributed by atoms with Gasteiger partial charge in [-0.25, -0.2) is 12.8 Å². The summed E-state index contributed by atoms with van der Waals surface area (Å²) in [5.41, 5.74) is 0. The number of amides is 1. The minimum absolute atomic E-state index is 0.0124. The van der Waals surface area contributed by atoms with Gasteiger partial charge in [-0.05, 0) is 68.2 Å². The minimum Gasteiger partial charge on any atom is -0.353 e. The Morgan fingerprint density at radius 2 is 1.88 bits per heavy atom. The van der Waals surface area contributed by atoms with E-state index in [1.54, 1.807) is 0 Å². The van der Waals surface area contributed by atoms with Crippen LogP contribution in [0.4, 0.5) is 4.39 Å². The first-order valence-corrected chi connectivity index (χ1v) is 10.9. The molecule has 2 bridgehead atoms. The minimum atomic E-state index is -3.69. The molecule has 4 rings (SSSR count). The number of rotatable bonds is 4. The van der Waals surface area contributed by atoms with Gasteiger partial charge in [0.1, 0.15) is 5.82 Å². The van der Waals surface area contributed by atoms with E-state index in [1.807, 2.05) is 0 Å². The Hall–Kier alpha value is -1.47. The van der Waals surface area contributed by atoms with Crippen LogP contribution in [0.5, 0.6) is 0 Å². The van der Waals surface area contributed by atoms with Crippen LogP contribution >= 0.6 is 0 Å². The van der Waals surface area contributed by atoms with Crippen LogP contribution in [0.2, 0.25) is 0 Å². The number of carbonyl (C=O) groups is 1. The van der Waals surface area contributed by atoms with Gasteiger partial charge in [0.25, 0.3) is 0 Å². The highest BCUT2D eigenvalue weighted by Gasteiger charge is 2.41. The lowest BCUT2D eigenvalue weighted by Crippen LogP contribution is -2.48. The van der Waals surface area contributed by atoms with Crippen molar-refractivity contribution in [2.45, 2.75) is 49.5 Å². The van der Waals surface area contributed by atoms with Crippen LogP contribution in [0, 0.1) is 23.6 Å². The van der Waals surface area contributed by atoms with Crippen molar-refractivity contribution in [3.63, 3.8) is 0 Å². The van der Waals surface area contributed by atoms with Crippen LogP contribution < -0.4 is 5.32 Å². The number of nitrogens with one attached hydrogen (secondary N) is 1. The number of nitrogens with zero attached hydrogens (tertiary/aromatic N) is 1. The highest BCUT2D eigenvalue weighted by atomic mass is 32.2. The van der Waals surface area contributed by atoms with E-state index < -0.39 is 15.8 Å². The largest absolute Gasteiger partial charge is 0.353 e. The number of fused-ring (bicyclic) bond motifs is 2. The quantitative estimate of drug-likeness (QED) is 0.873. The summed E-state index contributed by atoms with van der Waals surface area (Å²) in [4.78, 5) is 12.8. The van der Waals surface area contributed by atoms with Crippen molar-refractivity contribution in [2.75, 3.05) is 13.1 Å². The smallest absolute Gasteiger partial charge is 0.243 e. The molecule has 0 spiro atoms. The number of halogens is 1. The zero-order valence-electron chi connectivity index (χ0n) is 14.7. The van der Waals surface area contributed by atoms with Crippen molar-refractivity contribution < 1.29 is 17.6 Å². The third-order valence-electron chi connectivity index (χ3n) is 6.27. The Morgan fingerprint density at radius 3 is 2.54 bits per heavy atom. The van der Waals surface area contributed by atoms with Gasteiger partial charge < -0.3 is 5.32 Å². The van der Waals surface area contributed by atoms with E-state index in [0.717, 1.165) is 24.5 Å². The van der Waals surface area contributed by atoms with Crippen molar-refractivity contribution in [3.8, 4) is 0 Å². The van der Waals surface area contributed by atoms with E-state index in [4.69, 9.17) is 0 Å². The van der Waals surface area contributed by atoms with E-state index in [-0.39, 0.29) is 29.3 Å². The normalized spacial score (nSPS) is 31.9. The predicted octanol–water partition coefficient (Wildman–Crippen LogP) is 2.53. The summed E-state index contributed by atoms with van der Waals surface area (Å²) in [5, 5.41) is 3.19. The lowest BCUT2D eigenvalue weighted by atomic mass is 9.93. The molecule has 1 aliphatic heterocycles. The van der Waals surface area contributed by atoms with Crippen LogP contribution in [-0.4, -0.2) is 37.8 Å². The van der Waals surface area contributed by atoms with E-state index in [1.165, 1.54) is 35.7 Å². The second-order valence-corrected chi connectivity index (χ2v) is 9.88. The number of piperidine rings is 1. The molecular formula is C19H25FN2O3S. The zero-order chi connectivity index (χ0) is 18.3. The van der Waals surface area contributed by atoms with Crippen molar-refractivity contribution in [3.05, 3.63) is 30.1 Å². The van der Waals surface area contributed by atoms with Crippen LogP contribution in [0.25, 0.3) is 0 Å². The first-order chi connectivity index (χ1) is 12.4. The third-order valence-corrected chi connectivity index (χ3v) is 8.15. The molecular weight excluding hydrogens is 355 g/mol. The maximum Gasteiger partial charge on any atom is 0.243 e. The lowest BCUT2D eigenvalue weighted by Gasteiger charge is -2.32. The van der Waals surface area contributed by atoms with Gasteiger partial charge in [0, 0.05) is 19.1 Å². The average molecular weight is 380 g/mol. The molecule has 3 fully saturated rings. The summed E-state index contributed by atoms with van der Waals surface area (Å²) < 4.78 is 40.0. The van der Waals surface area contributed by atoms with Gasteiger partial charge in [0.15, 0.2) is 0 Å². The molecule has 2 saturated carbocycles. The van der Waals surface area contributed by atoms with Gasteiger partial charge in [-0.3, -0.25) is 4.79 Å². The monoisotopic (exact) mass is 380 g/mol. The molecule has 1 N–H and O–H groups in total. The second-order valence-electron chi connectivity index (χ2n) is 7.95. The SMILES string of the molecule is O=C(N[C@H]1C[C@H]2CC[C@H]1C2)[C@H]1CCCN(S(=O)(=O)c2ccc(F)cc2)C1. The second kappa shape index (κ2) is 6.93. The maximum absolute atomic E-state index is 13.1. The molecule has 0 aromatic heterocycles. The zero-order valence-corrected chi connectivity index (χ0v) is 15.6. The molecule has 1 aromatic carbocycles. The molecule has 0 radical (unpaired) electrons. The molecule has 2 aliphatic carbocycles.